The van der Waals surface area contributed by atoms with Gasteiger partial charge in [-0.25, -0.2) is 0 Å². The maximum absolute atomic E-state index is 6.57. The summed E-state index contributed by atoms with van der Waals surface area (Å²) in [5.74, 6) is 0. The van der Waals surface area contributed by atoms with Crippen LogP contribution in [-0.4, -0.2) is 76.4 Å². The van der Waals surface area contributed by atoms with Crippen LogP contribution in [0.3, 0.4) is 0 Å². The molecule has 3 atom stereocenters. The molecule has 0 saturated carbocycles. The van der Waals surface area contributed by atoms with E-state index >= 15 is 0 Å². The van der Waals surface area contributed by atoms with E-state index in [-0.39, 0.29) is 15.5 Å². The number of rotatable bonds is 15. The summed E-state index contributed by atoms with van der Waals surface area (Å²) in [7, 11) is -0.948. The third-order valence-corrected chi connectivity index (χ3v) is 34.9. The Morgan fingerprint density at radius 3 is 0.756 bits per heavy atom. The molecule has 0 spiro atoms. The highest BCUT2D eigenvalue weighted by Gasteiger charge is 2.68. The summed E-state index contributed by atoms with van der Waals surface area (Å²) in [4.78, 5) is 0. The van der Waals surface area contributed by atoms with Gasteiger partial charge >= 0.3 is 25.7 Å². The van der Waals surface area contributed by atoms with Gasteiger partial charge in [-0.1, -0.05) is 118 Å². The van der Waals surface area contributed by atoms with Gasteiger partial charge in [0, 0.05) is 42.7 Å². The van der Waals surface area contributed by atoms with Crippen molar-refractivity contribution in [2.24, 2.45) is 0 Å². The highest BCUT2D eigenvalue weighted by molar-refractivity contribution is 7.12. The Balaban J connectivity index is 2.40. The maximum atomic E-state index is 6.57. The fourth-order valence-electron chi connectivity index (χ4n) is 7.13. The average molecular weight is 629 g/mol. The minimum atomic E-state index is -3.01. The lowest BCUT2D eigenvalue weighted by Gasteiger charge is -2.55. The predicted molar refractivity (Wildman–Crippen MR) is 177 cm³/mol. The van der Waals surface area contributed by atoms with Crippen LogP contribution >= 0.6 is 0 Å². The van der Waals surface area contributed by atoms with E-state index in [0.29, 0.717) is 0 Å². The molecule has 0 heterocycles. The Bertz CT molecular complexity index is 1040. The second-order valence-corrected chi connectivity index (χ2v) is 28.7. The molecule has 0 amide bonds. The molecule has 0 bridgehead atoms. The van der Waals surface area contributed by atoms with Gasteiger partial charge in [-0.05, 0) is 31.1 Å². The van der Waals surface area contributed by atoms with Gasteiger partial charge in [0.1, 0.15) is 0 Å². The molecule has 0 aliphatic heterocycles. The molecular formula is C31H48O6Si4. The van der Waals surface area contributed by atoms with E-state index in [0.717, 1.165) is 15.6 Å². The van der Waals surface area contributed by atoms with Crippen molar-refractivity contribution in [2.45, 2.75) is 42.8 Å². The summed E-state index contributed by atoms with van der Waals surface area (Å²) in [5.41, 5.74) is 0. The lowest BCUT2D eigenvalue weighted by atomic mass is 10.4. The fourth-order valence-corrected chi connectivity index (χ4v) is 36.3. The summed E-state index contributed by atoms with van der Waals surface area (Å²) < 4.78 is 39.4. The lowest BCUT2D eigenvalue weighted by Crippen LogP contribution is -2.74. The Morgan fingerprint density at radius 2 is 0.585 bits per heavy atom. The molecule has 0 aliphatic rings. The zero-order valence-corrected chi connectivity index (χ0v) is 30.3. The van der Waals surface area contributed by atoms with Crippen LogP contribution in [0.15, 0.2) is 91.0 Å². The van der Waals surface area contributed by atoms with Gasteiger partial charge in [-0.2, -0.15) is 0 Å². The minimum Gasteiger partial charge on any atom is -0.394 e. The first-order valence-corrected chi connectivity index (χ1v) is 22.5. The molecule has 3 unspecified atom stereocenters. The standard InChI is InChI=1S/C31H48O6Si4/c1-26(39(32-4,33-5)29-20-14-11-15-21-29)38(10,27(2)40(34-6,35-7)30-22-16-12-17-23-30)28(3)41(36-8,37-9)31-24-18-13-19-25-31/h11-28H,1-10H3. The predicted octanol–water partition coefficient (Wildman–Crippen LogP) is 4.78. The van der Waals surface area contributed by atoms with Crippen molar-refractivity contribution in [3.8, 4) is 0 Å². The van der Waals surface area contributed by atoms with E-state index in [9.17, 15) is 0 Å². The van der Waals surface area contributed by atoms with Gasteiger partial charge in [0.15, 0.2) is 0 Å². The zero-order chi connectivity index (χ0) is 30.3. The molecule has 224 valence electrons. The number of hydrogen-bond donors (Lipinski definition) is 0. The van der Waals surface area contributed by atoms with E-state index < -0.39 is 33.8 Å². The number of hydrogen-bond acceptors (Lipinski definition) is 6. The zero-order valence-electron chi connectivity index (χ0n) is 26.3. The highest BCUT2D eigenvalue weighted by Crippen LogP contribution is 2.52. The molecule has 3 aromatic rings. The average Bonchev–Trinajstić information content (AvgIpc) is 3.04. The van der Waals surface area contributed by atoms with Crippen LogP contribution < -0.4 is 15.6 Å². The third-order valence-electron chi connectivity index (χ3n) is 9.86. The summed E-state index contributed by atoms with van der Waals surface area (Å²) in [6.45, 7) is 9.46. The Labute approximate surface area is 251 Å². The largest absolute Gasteiger partial charge is 0.394 e. The molecule has 3 rings (SSSR count). The lowest BCUT2D eigenvalue weighted by molar-refractivity contribution is 0.244. The molecule has 6 nitrogen and oxygen atoms in total. The van der Waals surface area contributed by atoms with E-state index in [4.69, 9.17) is 26.6 Å². The molecule has 0 radical (unpaired) electrons. The summed E-state index contributed by atoms with van der Waals surface area (Å²) in [5, 5.41) is 3.50. The molecule has 0 N–H and O–H groups in total. The van der Waals surface area contributed by atoms with Crippen molar-refractivity contribution in [3.05, 3.63) is 91.0 Å². The summed E-state index contributed by atoms with van der Waals surface area (Å²) in [6, 6.07) is 31.3. The van der Waals surface area contributed by atoms with Gasteiger partial charge in [0.25, 0.3) is 0 Å². The van der Waals surface area contributed by atoms with Gasteiger partial charge in [0.05, 0.1) is 8.07 Å². The van der Waals surface area contributed by atoms with Gasteiger partial charge in [-0.3, -0.25) is 0 Å². The van der Waals surface area contributed by atoms with Crippen molar-refractivity contribution < 1.29 is 26.6 Å². The Kier molecular flexibility index (Phi) is 11.7. The second-order valence-electron chi connectivity index (χ2n) is 10.9. The van der Waals surface area contributed by atoms with Crippen LogP contribution in [-0.2, 0) is 26.6 Å². The van der Waals surface area contributed by atoms with E-state index in [1.807, 2.05) is 18.2 Å². The van der Waals surface area contributed by atoms with Gasteiger partial charge < -0.3 is 26.6 Å². The maximum Gasteiger partial charge on any atom is 0.372 e. The monoisotopic (exact) mass is 628 g/mol. The number of benzene rings is 3. The van der Waals surface area contributed by atoms with Crippen LogP contribution in [0.1, 0.15) is 20.8 Å². The smallest absolute Gasteiger partial charge is 0.372 e. The summed E-state index contributed by atoms with van der Waals surface area (Å²) >= 11 is 0. The van der Waals surface area contributed by atoms with Gasteiger partial charge in [0.2, 0.25) is 0 Å². The molecule has 0 fully saturated rings. The molecule has 0 aliphatic carbocycles. The molecule has 3 aromatic carbocycles. The van der Waals surface area contributed by atoms with Crippen LogP contribution in [0.5, 0.6) is 0 Å². The van der Waals surface area contributed by atoms with Crippen molar-refractivity contribution >= 4 is 49.3 Å². The van der Waals surface area contributed by atoms with Gasteiger partial charge in [-0.15, -0.1) is 0 Å². The molecule has 41 heavy (non-hydrogen) atoms. The first-order chi connectivity index (χ1) is 19.6. The Hall–Kier alpha value is -1.71. The Morgan fingerprint density at radius 1 is 0.390 bits per heavy atom. The first-order valence-electron chi connectivity index (χ1n) is 14.1. The SMILES string of the molecule is CO[Si](OC)(c1ccccc1)C(C)[Si](C)(C(C)[Si](OC)(OC)c1ccccc1)C(C)[Si](OC)(OC)c1ccccc1. The van der Waals surface area contributed by atoms with Crippen molar-refractivity contribution in [2.75, 3.05) is 42.7 Å². The molecule has 10 heteroatoms. The van der Waals surface area contributed by atoms with Crippen LogP contribution in [0.4, 0.5) is 0 Å². The van der Waals surface area contributed by atoms with Crippen molar-refractivity contribution in [3.63, 3.8) is 0 Å². The first kappa shape index (κ1) is 33.8. The summed E-state index contributed by atoms with van der Waals surface area (Å²) in [6.07, 6.45) is 0. The van der Waals surface area contributed by atoms with Crippen LogP contribution in [0.25, 0.3) is 0 Å². The molecular weight excluding hydrogens is 581 g/mol. The quantitative estimate of drug-likeness (QED) is 0.226. The van der Waals surface area contributed by atoms with Crippen LogP contribution in [0.2, 0.25) is 22.0 Å². The third kappa shape index (κ3) is 5.67. The fraction of sp³-hybridized carbons (Fsp3) is 0.419. The van der Waals surface area contributed by atoms with Crippen LogP contribution in [0, 0.1) is 0 Å². The molecule has 0 aromatic heterocycles. The van der Waals surface area contributed by atoms with E-state index in [1.54, 1.807) is 42.7 Å². The van der Waals surface area contributed by atoms with Crippen molar-refractivity contribution in [1.29, 1.82) is 0 Å². The topological polar surface area (TPSA) is 55.4 Å². The molecule has 0 saturated heterocycles. The highest BCUT2D eigenvalue weighted by atomic mass is 28.5. The normalized spacial score (nSPS) is 16.5. The minimum absolute atomic E-state index is 0.0548. The van der Waals surface area contributed by atoms with Crippen molar-refractivity contribution in [1.82, 2.24) is 0 Å². The van der Waals surface area contributed by atoms with E-state index in [2.05, 4.69) is 100 Å². The van der Waals surface area contributed by atoms with E-state index in [1.165, 1.54) is 0 Å². The second kappa shape index (κ2) is 14.2.